The fourth-order valence-electron chi connectivity index (χ4n) is 7.23. The molecule has 0 N–H and O–H groups in total. The lowest BCUT2D eigenvalue weighted by Crippen LogP contribution is -2.16. The minimum absolute atomic E-state index is 0.137. The van der Waals surface area contributed by atoms with E-state index in [0.717, 1.165) is 28.4 Å². The Morgan fingerprint density at radius 2 is 0.760 bits per heavy atom. The van der Waals surface area contributed by atoms with E-state index in [-0.39, 0.29) is 5.41 Å². The Morgan fingerprint density at radius 1 is 0.380 bits per heavy atom. The molecule has 0 saturated heterocycles. The van der Waals surface area contributed by atoms with E-state index in [9.17, 15) is 0 Å². The van der Waals surface area contributed by atoms with Gasteiger partial charge in [-0.05, 0) is 113 Å². The lowest BCUT2D eigenvalue weighted by molar-refractivity contribution is 0.660. The molecule has 50 heavy (non-hydrogen) atoms. The summed E-state index contributed by atoms with van der Waals surface area (Å²) < 4.78 is 0. The summed E-state index contributed by atoms with van der Waals surface area (Å²) in [7, 11) is 0. The molecular formula is C48H40N2. The summed E-state index contributed by atoms with van der Waals surface area (Å²) >= 11 is 0. The van der Waals surface area contributed by atoms with Crippen LogP contribution in [0.4, 0.5) is 34.1 Å². The standard InChI is InChI=1S/C48H40N2/c1-35-19-26-41(27-20-35)49(38-13-7-4-8-14-38)42-28-23-36(24-29-42)21-22-37-25-31-44-45-32-30-43(34-47(45)48(2,3)46(44)33-37)50(39-15-9-5-10-16-39)40-17-11-6-12-18-40/h4-34H,1-3H3/b22-21+. The summed E-state index contributed by atoms with van der Waals surface area (Å²) in [6, 6.07) is 63.2. The number of para-hydroxylation sites is 3. The quantitative estimate of drug-likeness (QED) is 0.152. The van der Waals surface area contributed by atoms with Crippen LogP contribution in [0.15, 0.2) is 176 Å². The summed E-state index contributed by atoms with van der Waals surface area (Å²) in [6.45, 7) is 6.84. The summed E-state index contributed by atoms with van der Waals surface area (Å²) in [5.74, 6) is 0. The van der Waals surface area contributed by atoms with Crippen molar-refractivity contribution in [2.24, 2.45) is 0 Å². The lowest BCUT2D eigenvalue weighted by Gasteiger charge is -2.28. The first-order chi connectivity index (χ1) is 24.5. The van der Waals surface area contributed by atoms with Crippen molar-refractivity contribution in [1.29, 1.82) is 0 Å². The van der Waals surface area contributed by atoms with Gasteiger partial charge in [0.1, 0.15) is 0 Å². The Labute approximate surface area is 296 Å². The number of fused-ring (bicyclic) bond motifs is 3. The number of benzene rings is 7. The predicted molar refractivity (Wildman–Crippen MR) is 213 cm³/mol. The van der Waals surface area contributed by atoms with Crippen LogP contribution in [-0.2, 0) is 5.41 Å². The Kier molecular flexibility index (Phi) is 8.14. The average molecular weight is 645 g/mol. The van der Waals surface area contributed by atoms with Crippen LogP contribution in [0.25, 0.3) is 23.3 Å². The Hall–Kier alpha value is -6.12. The van der Waals surface area contributed by atoms with Gasteiger partial charge < -0.3 is 9.80 Å². The highest BCUT2D eigenvalue weighted by atomic mass is 15.1. The molecule has 0 saturated carbocycles. The Bertz CT molecular complexity index is 2230. The minimum atomic E-state index is -0.137. The molecule has 0 aromatic heterocycles. The largest absolute Gasteiger partial charge is 0.311 e. The second-order valence-electron chi connectivity index (χ2n) is 13.6. The van der Waals surface area contributed by atoms with Gasteiger partial charge in [-0.1, -0.05) is 135 Å². The monoisotopic (exact) mass is 644 g/mol. The van der Waals surface area contributed by atoms with E-state index in [0.29, 0.717) is 0 Å². The first-order valence-electron chi connectivity index (χ1n) is 17.4. The van der Waals surface area contributed by atoms with E-state index in [2.05, 4.69) is 219 Å². The maximum absolute atomic E-state index is 2.39. The molecule has 0 unspecified atom stereocenters. The fourth-order valence-corrected chi connectivity index (χ4v) is 7.23. The molecule has 0 amide bonds. The lowest BCUT2D eigenvalue weighted by atomic mass is 9.81. The van der Waals surface area contributed by atoms with Crippen molar-refractivity contribution < 1.29 is 0 Å². The van der Waals surface area contributed by atoms with Crippen LogP contribution >= 0.6 is 0 Å². The second kappa shape index (κ2) is 13.1. The van der Waals surface area contributed by atoms with Gasteiger partial charge in [-0.15, -0.1) is 0 Å². The third-order valence-corrected chi connectivity index (χ3v) is 9.90. The van der Waals surface area contributed by atoms with Gasteiger partial charge in [0.15, 0.2) is 0 Å². The smallest absolute Gasteiger partial charge is 0.0465 e. The van der Waals surface area contributed by atoms with Crippen LogP contribution in [0, 0.1) is 6.92 Å². The van der Waals surface area contributed by atoms with Gasteiger partial charge in [-0.2, -0.15) is 0 Å². The zero-order chi connectivity index (χ0) is 34.1. The van der Waals surface area contributed by atoms with Crippen LogP contribution in [0.5, 0.6) is 0 Å². The van der Waals surface area contributed by atoms with Crippen LogP contribution in [0.1, 0.15) is 41.7 Å². The number of hydrogen-bond acceptors (Lipinski definition) is 2. The number of rotatable bonds is 8. The summed E-state index contributed by atoms with van der Waals surface area (Å²) in [5.41, 5.74) is 15.7. The summed E-state index contributed by atoms with van der Waals surface area (Å²) in [5, 5.41) is 0. The van der Waals surface area contributed by atoms with Gasteiger partial charge in [0.25, 0.3) is 0 Å². The predicted octanol–water partition coefficient (Wildman–Crippen LogP) is 13.4. The molecule has 2 heteroatoms. The van der Waals surface area contributed by atoms with Crippen molar-refractivity contribution in [2.75, 3.05) is 9.80 Å². The first-order valence-corrected chi connectivity index (χ1v) is 17.4. The zero-order valence-corrected chi connectivity index (χ0v) is 28.8. The highest BCUT2D eigenvalue weighted by Crippen LogP contribution is 2.51. The highest BCUT2D eigenvalue weighted by molar-refractivity contribution is 5.87. The molecule has 0 atom stereocenters. The van der Waals surface area contributed by atoms with E-state index in [1.54, 1.807) is 0 Å². The molecule has 0 heterocycles. The molecule has 0 aliphatic heterocycles. The number of anilines is 6. The van der Waals surface area contributed by atoms with Gasteiger partial charge in [-0.25, -0.2) is 0 Å². The van der Waals surface area contributed by atoms with Crippen molar-refractivity contribution >= 4 is 46.3 Å². The molecule has 2 nitrogen and oxygen atoms in total. The van der Waals surface area contributed by atoms with Gasteiger partial charge in [-0.3, -0.25) is 0 Å². The normalized spacial score (nSPS) is 12.8. The van der Waals surface area contributed by atoms with Crippen molar-refractivity contribution in [3.63, 3.8) is 0 Å². The topological polar surface area (TPSA) is 6.48 Å². The summed E-state index contributed by atoms with van der Waals surface area (Å²) in [6.07, 6.45) is 4.45. The Balaban J connectivity index is 1.07. The minimum Gasteiger partial charge on any atom is -0.311 e. The van der Waals surface area contributed by atoms with Crippen molar-refractivity contribution in [2.45, 2.75) is 26.2 Å². The third-order valence-electron chi connectivity index (χ3n) is 9.90. The molecule has 1 aliphatic carbocycles. The number of hydrogen-bond donors (Lipinski definition) is 0. The molecule has 0 radical (unpaired) electrons. The number of nitrogens with zero attached hydrogens (tertiary/aromatic N) is 2. The molecule has 242 valence electrons. The van der Waals surface area contributed by atoms with E-state index >= 15 is 0 Å². The van der Waals surface area contributed by atoms with E-state index in [1.807, 2.05) is 0 Å². The highest BCUT2D eigenvalue weighted by Gasteiger charge is 2.36. The van der Waals surface area contributed by atoms with Gasteiger partial charge in [0.05, 0.1) is 0 Å². The van der Waals surface area contributed by atoms with Crippen LogP contribution in [0.2, 0.25) is 0 Å². The fraction of sp³-hybridized carbons (Fsp3) is 0.0833. The van der Waals surface area contributed by atoms with E-state index < -0.39 is 0 Å². The molecule has 0 bridgehead atoms. The molecular weight excluding hydrogens is 605 g/mol. The van der Waals surface area contributed by atoms with Crippen molar-refractivity contribution in [3.8, 4) is 11.1 Å². The average Bonchev–Trinajstić information content (AvgIpc) is 3.38. The first kappa shape index (κ1) is 31.2. The molecule has 7 aromatic rings. The third kappa shape index (κ3) is 5.90. The van der Waals surface area contributed by atoms with Gasteiger partial charge in [0, 0.05) is 39.5 Å². The maximum atomic E-state index is 2.39. The molecule has 0 spiro atoms. The van der Waals surface area contributed by atoms with Crippen LogP contribution in [0.3, 0.4) is 0 Å². The second-order valence-corrected chi connectivity index (χ2v) is 13.6. The van der Waals surface area contributed by atoms with Gasteiger partial charge >= 0.3 is 0 Å². The van der Waals surface area contributed by atoms with E-state index in [1.165, 1.54) is 44.6 Å². The molecule has 0 fully saturated rings. The molecule has 8 rings (SSSR count). The SMILES string of the molecule is Cc1ccc(N(c2ccccc2)c2ccc(/C=C/c3ccc4c(c3)C(C)(C)c3cc(N(c5ccccc5)c5ccccc5)ccc3-4)cc2)cc1. The van der Waals surface area contributed by atoms with Gasteiger partial charge in [0.2, 0.25) is 0 Å². The maximum Gasteiger partial charge on any atom is 0.0465 e. The van der Waals surface area contributed by atoms with Crippen molar-refractivity contribution in [1.82, 2.24) is 0 Å². The molecule has 1 aliphatic rings. The summed E-state index contributed by atoms with van der Waals surface area (Å²) in [4.78, 5) is 4.65. The van der Waals surface area contributed by atoms with Crippen LogP contribution in [-0.4, -0.2) is 0 Å². The Morgan fingerprint density at radius 3 is 1.30 bits per heavy atom. The van der Waals surface area contributed by atoms with Crippen LogP contribution < -0.4 is 9.80 Å². The van der Waals surface area contributed by atoms with E-state index in [4.69, 9.17) is 0 Å². The zero-order valence-electron chi connectivity index (χ0n) is 28.8. The van der Waals surface area contributed by atoms with Crippen molar-refractivity contribution in [3.05, 3.63) is 204 Å². The molecule has 7 aromatic carbocycles. The number of aryl methyl sites for hydroxylation is 1.